The zero-order valence-electron chi connectivity index (χ0n) is 10.6. The van der Waals surface area contributed by atoms with Crippen molar-refractivity contribution in [1.82, 2.24) is 5.32 Å². The van der Waals surface area contributed by atoms with Crippen LogP contribution in [0.1, 0.15) is 12.5 Å². The van der Waals surface area contributed by atoms with Crippen molar-refractivity contribution in [1.29, 1.82) is 0 Å². The minimum absolute atomic E-state index is 0.135. The lowest BCUT2D eigenvalue weighted by Crippen LogP contribution is -2.43. The zero-order chi connectivity index (χ0) is 12.7. The lowest BCUT2D eigenvalue weighted by molar-refractivity contribution is -0.122. The van der Waals surface area contributed by atoms with Gasteiger partial charge in [-0.25, -0.2) is 0 Å². The van der Waals surface area contributed by atoms with Gasteiger partial charge in [-0.3, -0.25) is 0 Å². The number of methoxy groups -OCH3 is 2. The van der Waals surface area contributed by atoms with Gasteiger partial charge in [0.2, 0.25) is 0 Å². The zero-order valence-corrected chi connectivity index (χ0v) is 11.3. The second-order valence-electron chi connectivity index (χ2n) is 3.83. The molecule has 0 amide bonds. The van der Waals surface area contributed by atoms with E-state index >= 15 is 0 Å². The molecular weight excluding hydrogens is 238 g/mol. The molecule has 1 N–H and O–H groups in total. The summed E-state index contributed by atoms with van der Waals surface area (Å²) in [5.74, 6) is 0. The van der Waals surface area contributed by atoms with Crippen molar-refractivity contribution in [2.45, 2.75) is 25.7 Å². The minimum atomic E-state index is -0.245. The van der Waals surface area contributed by atoms with E-state index in [1.54, 1.807) is 14.2 Å². The van der Waals surface area contributed by atoms with Crippen LogP contribution in [-0.2, 0) is 15.9 Å². The molecule has 17 heavy (non-hydrogen) atoms. The standard InChI is InChI=1S/C13H20ClNO2/c1-4-15-12(13(16-2)17-3)9-10-5-7-11(14)8-6-10/h5-8,12-13,15H,4,9H2,1-3H3. The van der Waals surface area contributed by atoms with E-state index in [-0.39, 0.29) is 12.3 Å². The van der Waals surface area contributed by atoms with E-state index in [0.717, 1.165) is 18.0 Å². The van der Waals surface area contributed by atoms with Gasteiger partial charge in [0, 0.05) is 19.2 Å². The molecule has 0 fully saturated rings. The van der Waals surface area contributed by atoms with Crippen LogP contribution in [0, 0.1) is 0 Å². The molecular formula is C13H20ClNO2. The molecule has 0 heterocycles. The van der Waals surface area contributed by atoms with E-state index < -0.39 is 0 Å². The number of hydrogen-bond donors (Lipinski definition) is 1. The predicted octanol–water partition coefficient (Wildman–Crippen LogP) is 2.48. The van der Waals surface area contributed by atoms with E-state index in [9.17, 15) is 0 Å². The first-order valence-electron chi connectivity index (χ1n) is 5.74. The van der Waals surface area contributed by atoms with Gasteiger partial charge in [0.05, 0.1) is 6.04 Å². The third-order valence-electron chi connectivity index (χ3n) is 2.63. The highest BCUT2D eigenvalue weighted by Gasteiger charge is 2.20. The number of likely N-dealkylation sites (N-methyl/N-ethyl adjacent to an activating group) is 1. The van der Waals surface area contributed by atoms with Crippen LogP contribution in [0.4, 0.5) is 0 Å². The maximum atomic E-state index is 5.86. The molecule has 0 radical (unpaired) electrons. The summed E-state index contributed by atoms with van der Waals surface area (Å²) in [4.78, 5) is 0. The Morgan fingerprint density at radius 3 is 2.24 bits per heavy atom. The molecule has 3 nitrogen and oxygen atoms in total. The summed E-state index contributed by atoms with van der Waals surface area (Å²) in [6, 6.07) is 7.98. The van der Waals surface area contributed by atoms with Gasteiger partial charge in [0.25, 0.3) is 0 Å². The third kappa shape index (κ3) is 4.64. The van der Waals surface area contributed by atoms with Crippen LogP contribution in [0.25, 0.3) is 0 Å². The Kier molecular flexibility index (Phi) is 6.52. The van der Waals surface area contributed by atoms with E-state index in [4.69, 9.17) is 21.1 Å². The van der Waals surface area contributed by atoms with Crippen molar-refractivity contribution in [2.24, 2.45) is 0 Å². The SMILES string of the molecule is CCNC(Cc1ccc(Cl)cc1)C(OC)OC. The van der Waals surface area contributed by atoms with Crippen LogP contribution in [-0.4, -0.2) is 33.1 Å². The summed E-state index contributed by atoms with van der Waals surface area (Å²) in [5.41, 5.74) is 1.21. The van der Waals surface area contributed by atoms with Gasteiger partial charge in [-0.15, -0.1) is 0 Å². The monoisotopic (exact) mass is 257 g/mol. The van der Waals surface area contributed by atoms with Crippen LogP contribution in [0.15, 0.2) is 24.3 Å². The molecule has 1 unspecified atom stereocenters. The molecule has 0 saturated carbocycles. The maximum Gasteiger partial charge on any atom is 0.172 e. The van der Waals surface area contributed by atoms with Crippen molar-refractivity contribution in [2.75, 3.05) is 20.8 Å². The van der Waals surface area contributed by atoms with Gasteiger partial charge in [-0.1, -0.05) is 30.7 Å². The van der Waals surface area contributed by atoms with E-state index in [1.807, 2.05) is 24.3 Å². The van der Waals surface area contributed by atoms with E-state index in [1.165, 1.54) is 5.56 Å². The number of hydrogen-bond acceptors (Lipinski definition) is 3. The molecule has 0 aromatic heterocycles. The second kappa shape index (κ2) is 7.67. The average Bonchev–Trinajstić information content (AvgIpc) is 2.34. The fraction of sp³-hybridized carbons (Fsp3) is 0.538. The van der Waals surface area contributed by atoms with Gasteiger partial charge < -0.3 is 14.8 Å². The molecule has 1 aromatic rings. The lowest BCUT2D eigenvalue weighted by Gasteiger charge is -2.25. The first-order valence-corrected chi connectivity index (χ1v) is 6.12. The largest absolute Gasteiger partial charge is 0.354 e. The van der Waals surface area contributed by atoms with Crippen molar-refractivity contribution in [3.05, 3.63) is 34.9 Å². The van der Waals surface area contributed by atoms with E-state index in [2.05, 4.69) is 12.2 Å². The van der Waals surface area contributed by atoms with Gasteiger partial charge in [-0.05, 0) is 30.7 Å². The summed E-state index contributed by atoms with van der Waals surface area (Å²) in [6.45, 7) is 2.94. The summed E-state index contributed by atoms with van der Waals surface area (Å²) >= 11 is 5.86. The molecule has 96 valence electrons. The van der Waals surface area contributed by atoms with Gasteiger partial charge in [0.1, 0.15) is 0 Å². The normalized spacial score (nSPS) is 13.0. The molecule has 0 aliphatic carbocycles. The molecule has 0 saturated heterocycles. The molecule has 0 aliphatic heterocycles. The highest BCUT2D eigenvalue weighted by atomic mass is 35.5. The van der Waals surface area contributed by atoms with Crippen LogP contribution in [0.2, 0.25) is 5.02 Å². The van der Waals surface area contributed by atoms with Crippen molar-refractivity contribution >= 4 is 11.6 Å². The fourth-order valence-corrected chi connectivity index (χ4v) is 1.95. The van der Waals surface area contributed by atoms with Crippen LogP contribution in [0.5, 0.6) is 0 Å². The summed E-state index contributed by atoms with van der Waals surface area (Å²) in [6.07, 6.45) is 0.600. The van der Waals surface area contributed by atoms with Crippen LogP contribution in [0.3, 0.4) is 0 Å². The highest BCUT2D eigenvalue weighted by molar-refractivity contribution is 6.30. The number of rotatable bonds is 7. The maximum absolute atomic E-state index is 5.86. The number of halogens is 1. The van der Waals surface area contributed by atoms with Gasteiger partial charge in [-0.2, -0.15) is 0 Å². The Bertz CT molecular complexity index is 312. The molecule has 0 aliphatic rings. The molecule has 0 spiro atoms. The smallest absolute Gasteiger partial charge is 0.172 e. The van der Waals surface area contributed by atoms with Crippen molar-refractivity contribution in [3.8, 4) is 0 Å². The lowest BCUT2D eigenvalue weighted by atomic mass is 10.1. The first kappa shape index (κ1) is 14.5. The average molecular weight is 258 g/mol. The Morgan fingerprint density at radius 2 is 1.76 bits per heavy atom. The molecule has 0 bridgehead atoms. The second-order valence-corrected chi connectivity index (χ2v) is 4.27. The first-order chi connectivity index (χ1) is 8.21. The minimum Gasteiger partial charge on any atom is -0.354 e. The Labute approximate surface area is 108 Å². The van der Waals surface area contributed by atoms with Crippen LogP contribution >= 0.6 is 11.6 Å². The third-order valence-corrected chi connectivity index (χ3v) is 2.88. The van der Waals surface area contributed by atoms with E-state index in [0.29, 0.717) is 0 Å². The van der Waals surface area contributed by atoms with Crippen LogP contribution < -0.4 is 5.32 Å². The summed E-state index contributed by atoms with van der Waals surface area (Å²) in [5, 5.41) is 4.12. The van der Waals surface area contributed by atoms with Gasteiger partial charge >= 0.3 is 0 Å². The molecule has 1 atom stereocenters. The number of ether oxygens (including phenoxy) is 2. The summed E-state index contributed by atoms with van der Waals surface area (Å²) in [7, 11) is 3.31. The molecule has 1 aromatic carbocycles. The Hall–Kier alpha value is -0.610. The van der Waals surface area contributed by atoms with Crippen molar-refractivity contribution in [3.63, 3.8) is 0 Å². The van der Waals surface area contributed by atoms with Crippen molar-refractivity contribution < 1.29 is 9.47 Å². The number of nitrogens with one attached hydrogen (secondary N) is 1. The fourth-order valence-electron chi connectivity index (χ4n) is 1.83. The number of benzene rings is 1. The molecule has 4 heteroatoms. The molecule has 1 rings (SSSR count). The Morgan fingerprint density at radius 1 is 1.18 bits per heavy atom. The highest BCUT2D eigenvalue weighted by Crippen LogP contribution is 2.13. The Balaban J connectivity index is 2.68. The quantitative estimate of drug-likeness (QED) is 0.762. The summed E-state index contributed by atoms with van der Waals surface area (Å²) < 4.78 is 10.6. The predicted molar refractivity (Wildman–Crippen MR) is 70.4 cm³/mol. The topological polar surface area (TPSA) is 30.5 Å². The van der Waals surface area contributed by atoms with Gasteiger partial charge in [0.15, 0.2) is 6.29 Å².